The summed E-state index contributed by atoms with van der Waals surface area (Å²) in [6.45, 7) is 0.844. The van der Waals surface area contributed by atoms with Crippen LogP contribution in [-0.2, 0) is 0 Å². The Morgan fingerprint density at radius 3 is 2.72 bits per heavy atom. The van der Waals surface area contributed by atoms with Crippen molar-refractivity contribution < 1.29 is 4.79 Å². The summed E-state index contributed by atoms with van der Waals surface area (Å²) in [6, 6.07) is 3.64. The van der Waals surface area contributed by atoms with Gasteiger partial charge in [0.05, 0.1) is 5.02 Å². The maximum Gasteiger partial charge on any atom is 0.274 e. The fourth-order valence-electron chi connectivity index (χ4n) is 2.11. The zero-order valence-electron chi connectivity index (χ0n) is 10.1. The summed E-state index contributed by atoms with van der Waals surface area (Å²) in [5.74, 6) is 0.945. The van der Waals surface area contributed by atoms with Gasteiger partial charge in [-0.2, -0.15) is 0 Å². The summed E-state index contributed by atoms with van der Waals surface area (Å²) in [5, 5.41) is 0.385. The third kappa shape index (κ3) is 2.43. The molecule has 96 valence electrons. The third-order valence-corrected chi connectivity index (χ3v) is 3.78. The molecular formula is C13H16ClN3O. The molecule has 3 rings (SSSR count). The molecule has 0 spiro atoms. The number of nitrogens with two attached hydrogens (primary N) is 1. The summed E-state index contributed by atoms with van der Waals surface area (Å²) in [7, 11) is 0. The van der Waals surface area contributed by atoms with E-state index in [-0.39, 0.29) is 5.91 Å². The fraction of sp³-hybridized carbons (Fsp3) is 0.538. The Balaban J connectivity index is 1.83. The van der Waals surface area contributed by atoms with Gasteiger partial charge in [-0.15, -0.1) is 0 Å². The highest BCUT2D eigenvalue weighted by Gasteiger charge is 2.37. The molecular weight excluding hydrogens is 250 g/mol. The number of pyridine rings is 1. The number of nitrogen functional groups attached to an aromatic ring is 1. The van der Waals surface area contributed by atoms with Gasteiger partial charge >= 0.3 is 0 Å². The molecule has 2 saturated carbocycles. The first kappa shape index (κ1) is 11.8. The van der Waals surface area contributed by atoms with Gasteiger partial charge in [0.2, 0.25) is 0 Å². The van der Waals surface area contributed by atoms with Crippen molar-refractivity contribution in [1.82, 2.24) is 9.88 Å². The molecule has 0 aliphatic heterocycles. The lowest BCUT2D eigenvalue weighted by Crippen LogP contribution is -2.35. The van der Waals surface area contributed by atoms with E-state index >= 15 is 0 Å². The van der Waals surface area contributed by atoms with Gasteiger partial charge < -0.3 is 10.6 Å². The quantitative estimate of drug-likeness (QED) is 0.909. The van der Waals surface area contributed by atoms with Crippen LogP contribution in [0.5, 0.6) is 0 Å². The van der Waals surface area contributed by atoms with E-state index in [0.29, 0.717) is 28.5 Å². The van der Waals surface area contributed by atoms with Crippen LogP contribution in [0.1, 0.15) is 36.2 Å². The Bertz CT molecular complexity index is 483. The van der Waals surface area contributed by atoms with Crippen molar-refractivity contribution in [3.8, 4) is 0 Å². The topological polar surface area (TPSA) is 59.2 Å². The van der Waals surface area contributed by atoms with Crippen molar-refractivity contribution in [3.63, 3.8) is 0 Å². The SMILES string of the molecule is Nc1ccc(Cl)c(C(=O)N(CC2CC2)C2CC2)n1. The second kappa shape index (κ2) is 4.43. The van der Waals surface area contributed by atoms with Gasteiger partial charge in [0.25, 0.3) is 5.91 Å². The first-order valence-electron chi connectivity index (χ1n) is 6.38. The van der Waals surface area contributed by atoms with E-state index in [0.717, 1.165) is 19.4 Å². The number of aromatic nitrogens is 1. The number of carbonyl (C=O) groups is 1. The molecule has 1 amide bonds. The minimum atomic E-state index is -0.0679. The Morgan fingerprint density at radius 1 is 1.39 bits per heavy atom. The Labute approximate surface area is 111 Å². The van der Waals surface area contributed by atoms with E-state index < -0.39 is 0 Å². The molecule has 0 saturated heterocycles. The summed E-state index contributed by atoms with van der Waals surface area (Å²) in [4.78, 5) is 18.5. The number of hydrogen-bond acceptors (Lipinski definition) is 3. The predicted octanol–water partition coefficient (Wildman–Crippen LogP) is 2.33. The first-order chi connectivity index (χ1) is 8.65. The molecule has 18 heavy (non-hydrogen) atoms. The molecule has 2 fully saturated rings. The molecule has 0 radical (unpaired) electrons. The molecule has 0 unspecified atom stereocenters. The maximum atomic E-state index is 12.5. The second-order valence-corrected chi connectivity index (χ2v) is 5.61. The second-order valence-electron chi connectivity index (χ2n) is 5.20. The van der Waals surface area contributed by atoms with E-state index in [1.165, 1.54) is 12.8 Å². The number of hydrogen-bond donors (Lipinski definition) is 1. The number of nitrogens with zero attached hydrogens (tertiary/aromatic N) is 2. The van der Waals surface area contributed by atoms with Crippen LogP contribution < -0.4 is 5.73 Å². The lowest BCUT2D eigenvalue weighted by molar-refractivity contribution is 0.0729. The molecule has 1 aromatic rings. The van der Waals surface area contributed by atoms with Crippen LogP contribution in [0.25, 0.3) is 0 Å². The fourth-order valence-corrected chi connectivity index (χ4v) is 2.29. The van der Waals surface area contributed by atoms with Crippen molar-refractivity contribution in [3.05, 3.63) is 22.8 Å². The average molecular weight is 266 g/mol. The van der Waals surface area contributed by atoms with Crippen LogP contribution in [0.15, 0.2) is 12.1 Å². The van der Waals surface area contributed by atoms with Gasteiger partial charge in [0.1, 0.15) is 11.5 Å². The van der Waals surface area contributed by atoms with Crippen LogP contribution in [0, 0.1) is 5.92 Å². The van der Waals surface area contributed by atoms with E-state index in [9.17, 15) is 4.79 Å². The lowest BCUT2D eigenvalue weighted by atomic mass is 10.2. The zero-order chi connectivity index (χ0) is 12.7. The van der Waals surface area contributed by atoms with E-state index in [1.807, 2.05) is 4.90 Å². The zero-order valence-corrected chi connectivity index (χ0v) is 10.9. The van der Waals surface area contributed by atoms with Crippen molar-refractivity contribution in [2.24, 2.45) is 5.92 Å². The van der Waals surface area contributed by atoms with E-state index in [2.05, 4.69) is 4.98 Å². The van der Waals surface area contributed by atoms with Crippen LogP contribution in [-0.4, -0.2) is 28.4 Å². The maximum absolute atomic E-state index is 12.5. The molecule has 0 atom stereocenters. The average Bonchev–Trinajstić information content (AvgIpc) is 3.21. The highest BCUT2D eigenvalue weighted by Crippen LogP contribution is 2.36. The number of anilines is 1. The van der Waals surface area contributed by atoms with Gasteiger partial charge in [-0.25, -0.2) is 4.98 Å². The summed E-state index contributed by atoms with van der Waals surface area (Å²) < 4.78 is 0. The number of rotatable bonds is 4. The highest BCUT2D eigenvalue weighted by atomic mass is 35.5. The first-order valence-corrected chi connectivity index (χ1v) is 6.76. The summed E-state index contributed by atoms with van der Waals surface area (Å²) in [5.41, 5.74) is 5.93. The van der Waals surface area contributed by atoms with Crippen LogP contribution in [0.3, 0.4) is 0 Å². The Hall–Kier alpha value is -1.29. The summed E-state index contributed by atoms with van der Waals surface area (Å²) >= 11 is 6.05. The Kier molecular flexibility index (Phi) is 2.90. The molecule has 1 aromatic heterocycles. The van der Waals surface area contributed by atoms with Gasteiger partial charge in [-0.05, 0) is 43.7 Å². The lowest BCUT2D eigenvalue weighted by Gasteiger charge is -2.22. The standard InChI is InChI=1S/C13H16ClN3O/c14-10-5-6-11(15)16-12(10)13(18)17(9-3-4-9)7-8-1-2-8/h5-6,8-9H,1-4,7H2,(H2,15,16). The van der Waals surface area contributed by atoms with Gasteiger partial charge in [-0.1, -0.05) is 11.6 Å². The molecule has 2 aliphatic rings. The van der Waals surface area contributed by atoms with Crippen LogP contribution in [0.2, 0.25) is 5.02 Å². The number of halogens is 1. The molecule has 0 bridgehead atoms. The highest BCUT2D eigenvalue weighted by molar-refractivity contribution is 6.33. The minimum Gasteiger partial charge on any atom is -0.384 e. The van der Waals surface area contributed by atoms with Gasteiger partial charge in [0.15, 0.2) is 0 Å². The van der Waals surface area contributed by atoms with Gasteiger partial charge in [-0.3, -0.25) is 4.79 Å². The molecule has 2 N–H and O–H groups in total. The van der Waals surface area contributed by atoms with Crippen molar-refractivity contribution in [2.45, 2.75) is 31.7 Å². The largest absolute Gasteiger partial charge is 0.384 e. The smallest absolute Gasteiger partial charge is 0.274 e. The minimum absolute atomic E-state index is 0.0679. The Morgan fingerprint density at radius 2 is 2.11 bits per heavy atom. The van der Waals surface area contributed by atoms with E-state index in [4.69, 9.17) is 17.3 Å². The third-order valence-electron chi connectivity index (χ3n) is 3.47. The normalized spacial score (nSPS) is 18.7. The van der Waals surface area contributed by atoms with Crippen molar-refractivity contribution in [2.75, 3.05) is 12.3 Å². The van der Waals surface area contributed by atoms with Crippen molar-refractivity contribution in [1.29, 1.82) is 0 Å². The molecule has 1 heterocycles. The van der Waals surface area contributed by atoms with E-state index in [1.54, 1.807) is 12.1 Å². The van der Waals surface area contributed by atoms with Gasteiger partial charge in [0, 0.05) is 12.6 Å². The van der Waals surface area contributed by atoms with Crippen molar-refractivity contribution >= 4 is 23.3 Å². The molecule has 5 heteroatoms. The molecule has 4 nitrogen and oxygen atoms in total. The number of amides is 1. The summed E-state index contributed by atoms with van der Waals surface area (Å²) in [6.07, 6.45) is 4.65. The van der Waals surface area contributed by atoms with Crippen LogP contribution in [0.4, 0.5) is 5.82 Å². The number of carbonyl (C=O) groups excluding carboxylic acids is 1. The van der Waals surface area contributed by atoms with Crippen LogP contribution >= 0.6 is 11.6 Å². The molecule has 2 aliphatic carbocycles. The molecule has 0 aromatic carbocycles. The monoisotopic (exact) mass is 265 g/mol. The predicted molar refractivity (Wildman–Crippen MR) is 70.4 cm³/mol.